The molecule has 0 aliphatic rings. The molecule has 0 amide bonds. The Kier molecular flexibility index (Phi) is 8.02. The first-order valence-corrected chi connectivity index (χ1v) is 7.00. The molecule has 2 N–H and O–H groups in total. The second-order valence-electron chi connectivity index (χ2n) is 4.74. The minimum Gasteiger partial charge on any atom is -0.497 e. The van der Waals surface area contributed by atoms with E-state index in [0.717, 1.165) is 25.4 Å². The van der Waals surface area contributed by atoms with Crippen molar-refractivity contribution in [3.8, 4) is 11.5 Å². The van der Waals surface area contributed by atoms with Crippen molar-refractivity contribution >= 4 is 0 Å². The summed E-state index contributed by atoms with van der Waals surface area (Å²) in [6, 6.07) is 7.36. The monoisotopic (exact) mass is 282 g/mol. The van der Waals surface area contributed by atoms with Crippen molar-refractivity contribution in [1.29, 1.82) is 0 Å². The molecule has 0 saturated carbocycles. The Hall–Kier alpha value is -1.30. The summed E-state index contributed by atoms with van der Waals surface area (Å²) in [5, 5.41) is 13.0. The van der Waals surface area contributed by atoms with Gasteiger partial charge >= 0.3 is 0 Å². The van der Waals surface area contributed by atoms with Crippen LogP contribution >= 0.6 is 0 Å². The Morgan fingerprint density at radius 1 is 1.35 bits per heavy atom. The SMILES string of the molecule is CCN(C)CCNCC(O)COc1cccc(OC)c1. The topological polar surface area (TPSA) is 54.0 Å². The Labute approximate surface area is 121 Å². The first kappa shape index (κ1) is 16.8. The van der Waals surface area contributed by atoms with Crippen LogP contribution in [0.3, 0.4) is 0 Å². The quantitative estimate of drug-likeness (QED) is 0.627. The lowest BCUT2D eigenvalue weighted by molar-refractivity contribution is 0.106. The number of aliphatic hydroxyl groups excluding tert-OH is 1. The summed E-state index contributed by atoms with van der Waals surface area (Å²) < 4.78 is 10.6. The Morgan fingerprint density at radius 2 is 2.10 bits per heavy atom. The van der Waals surface area contributed by atoms with Crippen molar-refractivity contribution in [3.63, 3.8) is 0 Å². The standard InChI is InChI=1S/C15H26N2O3/c1-4-17(2)9-8-16-11-13(18)12-20-15-7-5-6-14(10-15)19-3/h5-7,10,13,16,18H,4,8-9,11-12H2,1-3H3. The molecule has 0 bridgehead atoms. The van der Waals surface area contributed by atoms with Crippen molar-refractivity contribution in [1.82, 2.24) is 10.2 Å². The molecule has 1 unspecified atom stereocenters. The lowest BCUT2D eigenvalue weighted by Gasteiger charge is -2.16. The summed E-state index contributed by atoms with van der Waals surface area (Å²) in [5.74, 6) is 1.45. The predicted octanol–water partition coefficient (Wildman–Crippen LogP) is 0.976. The number of likely N-dealkylation sites (N-methyl/N-ethyl adjacent to an activating group) is 1. The summed E-state index contributed by atoms with van der Waals surface area (Å²) in [5.41, 5.74) is 0. The fourth-order valence-electron chi connectivity index (χ4n) is 1.64. The first-order valence-electron chi connectivity index (χ1n) is 7.00. The Bertz CT molecular complexity index is 374. The van der Waals surface area contributed by atoms with E-state index >= 15 is 0 Å². The van der Waals surface area contributed by atoms with Gasteiger partial charge in [-0.05, 0) is 25.7 Å². The van der Waals surface area contributed by atoms with Crippen molar-refractivity contribution < 1.29 is 14.6 Å². The second-order valence-corrected chi connectivity index (χ2v) is 4.74. The van der Waals surface area contributed by atoms with Gasteiger partial charge in [0.05, 0.1) is 7.11 Å². The summed E-state index contributed by atoms with van der Waals surface area (Å²) in [6.45, 7) is 5.78. The lowest BCUT2D eigenvalue weighted by Crippen LogP contribution is -2.36. The summed E-state index contributed by atoms with van der Waals surface area (Å²) in [6.07, 6.45) is -0.520. The molecule has 0 saturated heterocycles. The van der Waals surface area contributed by atoms with Gasteiger partial charge in [-0.3, -0.25) is 0 Å². The second kappa shape index (κ2) is 9.58. The molecule has 0 fully saturated rings. The zero-order valence-corrected chi connectivity index (χ0v) is 12.6. The van der Waals surface area contributed by atoms with E-state index < -0.39 is 6.10 Å². The number of aliphatic hydroxyl groups is 1. The van der Waals surface area contributed by atoms with E-state index in [2.05, 4.69) is 24.2 Å². The van der Waals surface area contributed by atoms with Gasteiger partial charge in [-0.15, -0.1) is 0 Å². The molecule has 20 heavy (non-hydrogen) atoms. The van der Waals surface area contributed by atoms with Crippen LogP contribution in [0.5, 0.6) is 11.5 Å². The molecule has 1 rings (SSSR count). The number of hydrogen-bond donors (Lipinski definition) is 2. The van der Waals surface area contributed by atoms with E-state index in [0.29, 0.717) is 12.3 Å². The van der Waals surface area contributed by atoms with Crippen LogP contribution in [0.15, 0.2) is 24.3 Å². The largest absolute Gasteiger partial charge is 0.497 e. The maximum atomic E-state index is 9.83. The van der Waals surface area contributed by atoms with E-state index in [4.69, 9.17) is 9.47 Å². The van der Waals surface area contributed by atoms with Gasteiger partial charge in [0.15, 0.2) is 0 Å². The molecular formula is C15H26N2O3. The third-order valence-electron chi connectivity index (χ3n) is 3.07. The van der Waals surface area contributed by atoms with Crippen LogP contribution in [0.4, 0.5) is 0 Å². The number of methoxy groups -OCH3 is 1. The van der Waals surface area contributed by atoms with Gasteiger partial charge in [-0.1, -0.05) is 13.0 Å². The number of nitrogens with zero attached hydrogens (tertiary/aromatic N) is 1. The van der Waals surface area contributed by atoms with E-state index in [9.17, 15) is 5.11 Å². The predicted molar refractivity (Wildman–Crippen MR) is 80.5 cm³/mol. The molecule has 5 heteroatoms. The molecule has 5 nitrogen and oxygen atoms in total. The van der Waals surface area contributed by atoms with Crippen LogP contribution in [0.1, 0.15) is 6.92 Å². The summed E-state index contributed by atoms with van der Waals surface area (Å²) >= 11 is 0. The van der Waals surface area contributed by atoms with Crippen LogP contribution in [0, 0.1) is 0 Å². The highest BCUT2D eigenvalue weighted by molar-refractivity contribution is 5.32. The highest BCUT2D eigenvalue weighted by Gasteiger charge is 2.05. The van der Waals surface area contributed by atoms with Gasteiger partial charge in [0, 0.05) is 25.7 Å². The Morgan fingerprint density at radius 3 is 2.80 bits per heavy atom. The van der Waals surface area contributed by atoms with Crippen LogP contribution in [-0.2, 0) is 0 Å². The maximum Gasteiger partial charge on any atom is 0.123 e. The van der Waals surface area contributed by atoms with Gasteiger partial charge in [-0.2, -0.15) is 0 Å². The molecule has 0 aliphatic heterocycles. The van der Waals surface area contributed by atoms with Gasteiger partial charge < -0.3 is 24.8 Å². The zero-order chi connectivity index (χ0) is 14.8. The normalized spacial score (nSPS) is 12.4. The minimum atomic E-state index is -0.520. The zero-order valence-electron chi connectivity index (χ0n) is 12.6. The third kappa shape index (κ3) is 6.75. The van der Waals surface area contributed by atoms with Crippen LogP contribution in [0.25, 0.3) is 0 Å². The molecule has 0 spiro atoms. The average molecular weight is 282 g/mol. The van der Waals surface area contributed by atoms with Crippen molar-refractivity contribution in [2.75, 3.05) is 46.9 Å². The van der Waals surface area contributed by atoms with Crippen molar-refractivity contribution in [2.24, 2.45) is 0 Å². The first-order chi connectivity index (χ1) is 9.65. The van der Waals surface area contributed by atoms with Crippen molar-refractivity contribution in [2.45, 2.75) is 13.0 Å². The molecule has 114 valence electrons. The molecule has 0 radical (unpaired) electrons. The fraction of sp³-hybridized carbons (Fsp3) is 0.600. The van der Waals surface area contributed by atoms with Gasteiger partial charge in [0.1, 0.15) is 24.2 Å². The van der Waals surface area contributed by atoms with E-state index in [-0.39, 0.29) is 6.61 Å². The molecule has 1 atom stereocenters. The molecular weight excluding hydrogens is 256 g/mol. The minimum absolute atomic E-state index is 0.268. The van der Waals surface area contributed by atoms with Crippen LogP contribution in [-0.4, -0.2) is 63.1 Å². The fourth-order valence-corrected chi connectivity index (χ4v) is 1.64. The van der Waals surface area contributed by atoms with E-state index in [1.54, 1.807) is 13.2 Å². The van der Waals surface area contributed by atoms with E-state index in [1.165, 1.54) is 0 Å². The molecule has 0 aliphatic carbocycles. The van der Waals surface area contributed by atoms with Gasteiger partial charge in [-0.25, -0.2) is 0 Å². The average Bonchev–Trinajstić information content (AvgIpc) is 2.49. The molecule has 1 aromatic rings. The lowest BCUT2D eigenvalue weighted by atomic mass is 10.3. The van der Waals surface area contributed by atoms with Crippen molar-refractivity contribution in [3.05, 3.63) is 24.3 Å². The number of rotatable bonds is 10. The summed E-state index contributed by atoms with van der Waals surface area (Å²) in [7, 11) is 3.69. The number of ether oxygens (including phenoxy) is 2. The van der Waals surface area contributed by atoms with Crippen LogP contribution < -0.4 is 14.8 Å². The summed E-state index contributed by atoms with van der Waals surface area (Å²) in [4.78, 5) is 2.21. The molecule has 0 aromatic heterocycles. The highest BCUT2D eigenvalue weighted by Crippen LogP contribution is 2.18. The molecule has 1 aromatic carbocycles. The third-order valence-corrected chi connectivity index (χ3v) is 3.07. The molecule has 0 heterocycles. The highest BCUT2D eigenvalue weighted by atomic mass is 16.5. The Balaban J connectivity index is 2.17. The number of hydrogen-bond acceptors (Lipinski definition) is 5. The maximum absolute atomic E-state index is 9.83. The number of benzene rings is 1. The smallest absolute Gasteiger partial charge is 0.123 e. The van der Waals surface area contributed by atoms with E-state index in [1.807, 2.05) is 18.2 Å². The number of nitrogens with one attached hydrogen (secondary N) is 1. The van der Waals surface area contributed by atoms with Crippen LogP contribution in [0.2, 0.25) is 0 Å². The van der Waals surface area contributed by atoms with Gasteiger partial charge in [0.25, 0.3) is 0 Å². The van der Waals surface area contributed by atoms with Gasteiger partial charge in [0.2, 0.25) is 0 Å².